The van der Waals surface area contributed by atoms with Crippen LogP contribution in [0.1, 0.15) is 0 Å². The van der Waals surface area contributed by atoms with Crippen LogP contribution in [0.2, 0.25) is 0 Å². The standard InChI is InChI=1S/C6H4FNO3.Na/c7-4-1-2-5(8(10)11)6(9)3-4;/h1-3,9H;/q;+1/p-1. The summed E-state index contributed by atoms with van der Waals surface area (Å²) in [7, 11) is 0. The summed E-state index contributed by atoms with van der Waals surface area (Å²) < 4.78 is 12.2. The summed E-state index contributed by atoms with van der Waals surface area (Å²) in [5, 5.41) is 20.6. The maximum Gasteiger partial charge on any atom is 1.00 e. The molecule has 0 saturated carbocycles. The summed E-state index contributed by atoms with van der Waals surface area (Å²) in [4.78, 5) is 9.17. The largest absolute Gasteiger partial charge is 1.00 e. The Morgan fingerprint density at radius 3 is 2.42 bits per heavy atom. The minimum absolute atomic E-state index is 0. The summed E-state index contributed by atoms with van der Waals surface area (Å²) in [5.74, 6) is -1.67. The first-order valence-corrected chi connectivity index (χ1v) is 2.72. The van der Waals surface area contributed by atoms with E-state index >= 15 is 0 Å². The molecule has 0 bridgehead atoms. The number of hydrogen-bond acceptors (Lipinski definition) is 3. The van der Waals surface area contributed by atoms with Gasteiger partial charge < -0.3 is 5.11 Å². The Morgan fingerprint density at radius 1 is 1.42 bits per heavy atom. The van der Waals surface area contributed by atoms with Crippen molar-refractivity contribution < 1.29 is 44.0 Å². The van der Waals surface area contributed by atoms with Crippen molar-refractivity contribution in [3.05, 3.63) is 34.1 Å². The van der Waals surface area contributed by atoms with Crippen LogP contribution < -0.4 is 34.7 Å². The minimum atomic E-state index is -0.907. The molecule has 0 fully saturated rings. The molecule has 12 heavy (non-hydrogen) atoms. The molecule has 0 saturated heterocycles. The van der Waals surface area contributed by atoms with Crippen LogP contribution in [0, 0.1) is 15.9 Å². The van der Waals surface area contributed by atoms with Crippen LogP contribution in [0.15, 0.2) is 18.2 Å². The molecule has 0 heterocycles. The molecule has 0 aliphatic heterocycles. The molecule has 1 aromatic carbocycles. The zero-order valence-corrected chi connectivity index (χ0v) is 8.28. The van der Waals surface area contributed by atoms with Crippen LogP contribution in [0.25, 0.3) is 0 Å². The van der Waals surface area contributed by atoms with Crippen molar-refractivity contribution in [2.24, 2.45) is 0 Å². The molecule has 0 aliphatic rings. The predicted molar refractivity (Wildman–Crippen MR) is 32.5 cm³/mol. The Morgan fingerprint density at radius 2 is 2.00 bits per heavy atom. The predicted octanol–water partition coefficient (Wildman–Crippen LogP) is -2.19. The van der Waals surface area contributed by atoms with Gasteiger partial charge in [0.05, 0.1) is 4.92 Å². The number of benzene rings is 1. The minimum Gasteiger partial charge on any atom is -0.868 e. The SMILES string of the molecule is O=[N+]([O-])c1ccc(F)cc1[O-].[Na+]. The number of rotatable bonds is 1. The van der Waals surface area contributed by atoms with Gasteiger partial charge in [0.2, 0.25) is 0 Å². The second-order valence-electron chi connectivity index (χ2n) is 1.87. The molecule has 6 heteroatoms. The van der Waals surface area contributed by atoms with Gasteiger partial charge in [0, 0.05) is 6.07 Å². The van der Waals surface area contributed by atoms with Crippen LogP contribution in [-0.4, -0.2) is 4.92 Å². The van der Waals surface area contributed by atoms with Crippen molar-refractivity contribution in [2.45, 2.75) is 0 Å². The van der Waals surface area contributed by atoms with Crippen LogP contribution in [0.3, 0.4) is 0 Å². The number of hydrogen-bond donors (Lipinski definition) is 0. The quantitative estimate of drug-likeness (QED) is 0.279. The van der Waals surface area contributed by atoms with Gasteiger partial charge in [0.15, 0.2) is 0 Å². The van der Waals surface area contributed by atoms with Crippen molar-refractivity contribution in [3.63, 3.8) is 0 Å². The van der Waals surface area contributed by atoms with E-state index in [9.17, 15) is 19.6 Å². The average molecular weight is 179 g/mol. The van der Waals surface area contributed by atoms with Crippen molar-refractivity contribution >= 4 is 5.69 Å². The molecule has 0 unspecified atom stereocenters. The van der Waals surface area contributed by atoms with E-state index in [4.69, 9.17) is 0 Å². The van der Waals surface area contributed by atoms with Crippen molar-refractivity contribution in [2.75, 3.05) is 0 Å². The Bertz CT molecular complexity index is 305. The second-order valence-corrected chi connectivity index (χ2v) is 1.87. The first-order valence-electron chi connectivity index (χ1n) is 2.72. The Kier molecular flexibility index (Phi) is 4.16. The van der Waals surface area contributed by atoms with E-state index in [1.54, 1.807) is 0 Å². The summed E-state index contributed by atoms with van der Waals surface area (Å²) in [5.41, 5.74) is -0.605. The van der Waals surface area contributed by atoms with Crippen LogP contribution in [0.4, 0.5) is 10.1 Å². The molecule has 0 N–H and O–H groups in total. The summed E-state index contributed by atoms with van der Waals surface area (Å²) in [6.07, 6.45) is 0. The van der Waals surface area contributed by atoms with E-state index in [1.807, 2.05) is 0 Å². The smallest absolute Gasteiger partial charge is 0.868 e. The Labute approximate surface area is 89.5 Å². The van der Waals surface area contributed by atoms with Gasteiger partial charge in [0.25, 0.3) is 5.69 Å². The third kappa shape index (κ3) is 2.44. The number of nitro benzene ring substituents is 1. The van der Waals surface area contributed by atoms with E-state index in [-0.39, 0.29) is 29.6 Å². The zero-order valence-electron chi connectivity index (χ0n) is 6.28. The third-order valence-electron chi connectivity index (χ3n) is 1.12. The topological polar surface area (TPSA) is 66.2 Å². The van der Waals surface area contributed by atoms with E-state index in [2.05, 4.69) is 0 Å². The summed E-state index contributed by atoms with van der Waals surface area (Å²) in [6.45, 7) is 0. The molecule has 0 radical (unpaired) electrons. The summed E-state index contributed by atoms with van der Waals surface area (Å²) in [6, 6.07) is 2.30. The van der Waals surface area contributed by atoms with Gasteiger partial charge in [0.1, 0.15) is 5.82 Å². The molecule has 0 aromatic heterocycles. The van der Waals surface area contributed by atoms with Gasteiger partial charge in [-0.2, -0.15) is 0 Å². The molecule has 4 nitrogen and oxygen atoms in total. The van der Waals surface area contributed by atoms with Crippen LogP contribution in [-0.2, 0) is 0 Å². The molecule has 1 aromatic rings. The normalized spacial score (nSPS) is 8.75. The maximum absolute atomic E-state index is 12.2. The first kappa shape index (κ1) is 11.4. The maximum atomic E-state index is 12.2. The van der Waals surface area contributed by atoms with Gasteiger partial charge in [-0.1, -0.05) is 0 Å². The fourth-order valence-electron chi connectivity index (χ4n) is 0.639. The van der Waals surface area contributed by atoms with Crippen molar-refractivity contribution in [3.8, 4) is 5.75 Å². The van der Waals surface area contributed by atoms with Crippen LogP contribution >= 0.6 is 0 Å². The molecule has 0 spiro atoms. The van der Waals surface area contributed by atoms with Gasteiger partial charge in [-0.25, -0.2) is 4.39 Å². The van der Waals surface area contributed by atoms with E-state index in [1.165, 1.54) is 0 Å². The molecule has 1 rings (SSSR count). The average Bonchev–Trinajstić information content (AvgIpc) is 1.85. The van der Waals surface area contributed by atoms with Gasteiger partial charge in [-0.05, 0) is 17.9 Å². The molecule has 58 valence electrons. The Balaban J connectivity index is 0.00000121. The van der Waals surface area contributed by atoms with E-state index in [0.29, 0.717) is 6.07 Å². The van der Waals surface area contributed by atoms with Crippen molar-refractivity contribution in [1.29, 1.82) is 0 Å². The molecular weight excluding hydrogens is 176 g/mol. The zero-order chi connectivity index (χ0) is 8.43. The second kappa shape index (κ2) is 4.39. The number of nitro groups is 1. The van der Waals surface area contributed by atoms with E-state index < -0.39 is 22.2 Å². The van der Waals surface area contributed by atoms with Crippen molar-refractivity contribution in [1.82, 2.24) is 0 Å². The van der Waals surface area contributed by atoms with E-state index in [0.717, 1.165) is 12.1 Å². The molecule has 0 atom stereocenters. The molecule has 0 amide bonds. The fraction of sp³-hybridized carbons (Fsp3) is 0. The van der Waals surface area contributed by atoms with Gasteiger partial charge in [-0.3, -0.25) is 10.1 Å². The summed E-state index contributed by atoms with van der Waals surface area (Å²) >= 11 is 0. The number of nitrogens with zero attached hydrogens (tertiary/aromatic N) is 1. The van der Waals surface area contributed by atoms with Gasteiger partial charge >= 0.3 is 29.6 Å². The van der Waals surface area contributed by atoms with Crippen LogP contribution in [0.5, 0.6) is 5.75 Å². The molecule has 0 aliphatic carbocycles. The Hall–Kier alpha value is -0.650. The molecular formula is C6H3FNNaO3. The van der Waals surface area contributed by atoms with Gasteiger partial charge in [-0.15, -0.1) is 0 Å². The monoisotopic (exact) mass is 179 g/mol. The fourth-order valence-corrected chi connectivity index (χ4v) is 0.639. The number of halogens is 1. The third-order valence-corrected chi connectivity index (χ3v) is 1.12. The first-order chi connectivity index (χ1) is 5.11.